The first-order valence-corrected chi connectivity index (χ1v) is 8.70. The van der Waals surface area contributed by atoms with Crippen molar-refractivity contribution in [1.29, 1.82) is 0 Å². The fraction of sp³-hybridized carbons (Fsp3) is 0.588. The van der Waals surface area contributed by atoms with E-state index < -0.39 is 0 Å². The molecule has 2 fully saturated rings. The minimum absolute atomic E-state index is 0.522. The van der Waals surface area contributed by atoms with Gasteiger partial charge in [0.1, 0.15) is 5.65 Å². The van der Waals surface area contributed by atoms with Gasteiger partial charge >= 0.3 is 0 Å². The maximum absolute atomic E-state index is 6.26. The molecule has 1 aliphatic carbocycles. The zero-order chi connectivity index (χ0) is 14.2. The van der Waals surface area contributed by atoms with Crippen LogP contribution in [-0.4, -0.2) is 22.0 Å². The molecule has 0 bridgehead atoms. The van der Waals surface area contributed by atoms with Crippen LogP contribution in [0.4, 0.5) is 5.82 Å². The summed E-state index contributed by atoms with van der Waals surface area (Å²) in [4.78, 5) is 7.47. The van der Waals surface area contributed by atoms with Crippen LogP contribution in [0, 0.1) is 5.92 Å². The number of halogens is 1. The molecule has 0 unspecified atom stereocenters. The van der Waals surface area contributed by atoms with E-state index in [1.54, 1.807) is 0 Å². The van der Waals surface area contributed by atoms with Gasteiger partial charge in [-0.3, -0.25) is 0 Å². The molecule has 2 aromatic heterocycles. The number of imidazole rings is 1. The Morgan fingerprint density at radius 2 is 2.00 bits per heavy atom. The van der Waals surface area contributed by atoms with Crippen LogP contribution in [0.25, 0.3) is 5.65 Å². The van der Waals surface area contributed by atoms with Gasteiger partial charge in [-0.2, -0.15) is 0 Å². The fourth-order valence-corrected chi connectivity index (χ4v) is 4.52. The molecular weight excluding hydrogens is 282 g/mol. The van der Waals surface area contributed by atoms with E-state index in [1.807, 2.05) is 12.1 Å². The van der Waals surface area contributed by atoms with E-state index >= 15 is 0 Å². The zero-order valence-corrected chi connectivity index (χ0v) is 13.1. The summed E-state index contributed by atoms with van der Waals surface area (Å²) in [5, 5.41) is 0. The number of anilines is 1. The summed E-state index contributed by atoms with van der Waals surface area (Å²) in [6.07, 6.45) is 10.2. The highest BCUT2D eigenvalue weighted by molar-refractivity contribution is 6.17. The number of aromatic nitrogens is 2. The normalized spacial score (nSPS) is 26.0. The highest BCUT2D eigenvalue weighted by Gasteiger charge is 2.35. The Balaban J connectivity index is 1.77. The standard InChI is InChI=1S/C17H22ClN3/c18-12-15-17(19-16-9-3-4-10-20(15)16)21-11-5-7-13-6-1-2-8-14(13)21/h3-4,9-10,13-14H,1-2,5-8,11-12H2/t13-,14-/m1/s1. The van der Waals surface area contributed by atoms with Crippen LogP contribution in [-0.2, 0) is 5.88 Å². The first-order chi connectivity index (χ1) is 10.4. The average Bonchev–Trinajstić information content (AvgIpc) is 2.92. The van der Waals surface area contributed by atoms with Crippen molar-refractivity contribution in [2.75, 3.05) is 11.4 Å². The third-order valence-electron chi connectivity index (χ3n) is 5.25. The van der Waals surface area contributed by atoms with E-state index in [4.69, 9.17) is 16.6 Å². The van der Waals surface area contributed by atoms with Crippen LogP contribution in [0.3, 0.4) is 0 Å². The van der Waals surface area contributed by atoms with Crippen molar-refractivity contribution in [1.82, 2.24) is 9.38 Å². The molecule has 0 aromatic carbocycles. The van der Waals surface area contributed by atoms with E-state index in [1.165, 1.54) is 38.5 Å². The molecule has 4 heteroatoms. The number of rotatable bonds is 2. The topological polar surface area (TPSA) is 20.5 Å². The van der Waals surface area contributed by atoms with Gasteiger partial charge < -0.3 is 9.30 Å². The predicted molar refractivity (Wildman–Crippen MR) is 87.1 cm³/mol. The highest BCUT2D eigenvalue weighted by atomic mass is 35.5. The smallest absolute Gasteiger partial charge is 0.152 e. The summed E-state index contributed by atoms with van der Waals surface area (Å²) < 4.78 is 2.15. The Labute approximate surface area is 130 Å². The molecule has 0 radical (unpaired) electrons. The Kier molecular flexibility index (Phi) is 3.54. The maximum atomic E-state index is 6.26. The summed E-state index contributed by atoms with van der Waals surface area (Å²) in [5.41, 5.74) is 2.17. The van der Waals surface area contributed by atoms with Crippen LogP contribution in [0.1, 0.15) is 44.2 Å². The molecule has 112 valence electrons. The molecule has 1 saturated heterocycles. The zero-order valence-electron chi connectivity index (χ0n) is 12.3. The Morgan fingerprint density at radius 1 is 1.14 bits per heavy atom. The highest BCUT2D eigenvalue weighted by Crippen LogP contribution is 2.38. The first-order valence-electron chi connectivity index (χ1n) is 8.17. The molecule has 1 saturated carbocycles. The number of fused-ring (bicyclic) bond motifs is 2. The number of hydrogen-bond donors (Lipinski definition) is 0. The van der Waals surface area contributed by atoms with Gasteiger partial charge in [-0.05, 0) is 43.7 Å². The van der Waals surface area contributed by atoms with Crippen LogP contribution < -0.4 is 4.90 Å². The Bertz CT molecular complexity index is 634. The predicted octanol–water partition coefficient (Wildman–Crippen LogP) is 4.23. The van der Waals surface area contributed by atoms with E-state index in [-0.39, 0.29) is 0 Å². The van der Waals surface area contributed by atoms with Gasteiger partial charge in [0.15, 0.2) is 5.82 Å². The van der Waals surface area contributed by atoms with Crippen molar-refractivity contribution in [3.8, 4) is 0 Å². The summed E-state index contributed by atoms with van der Waals surface area (Å²) in [6.45, 7) is 1.13. The lowest BCUT2D eigenvalue weighted by Crippen LogP contribution is -2.47. The molecule has 2 aromatic rings. The summed E-state index contributed by atoms with van der Waals surface area (Å²) in [7, 11) is 0. The first kappa shape index (κ1) is 13.4. The van der Waals surface area contributed by atoms with Crippen molar-refractivity contribution in [3.63, 3.8) is 0 Å². The maximum Gasteiger partial charge on any atom is 0.152 e. The lowest BCUT2D eigenvalue weighted by Gasteiger charge is -2.44. The largest absolute Gasteiger partial charge is 0.352 e. The number of alkyl halides is 1. The number of nitrogens with zero attached hydrogens (tertiary/aromatic N) is 3. The summed E-state index contributed by atoms with van der Waals surface area (Å²) >= 11 is 6.26. The molecular formula is C17H22ClN3. The number of pyridine rings is 1. The lowest BCUT2D eigenvalue weighted by atomic mass is 9.78. The second-order valence-electron chi connectivity index (χ2n) is 6.39. The second kappa shape index (κ2) is 5.53. The van der Waals surface area contributed by atoms with Crippen molar-refractivity contribution >= 4 is 23.1 Å². The van der Waals surface area contributed by atoms with Crippen LogP contribution in [0.2, 0.25) is 0 Å². The van der Waals surface area contributed by atoms with Crippen molar-refractivity contribution in [2.45, 2.75) is 50.4 Å². The monoisotopic (exact) mass is 303 g/mol. The van der Waals surface area contributed by atoms with Gasteiger partial charge in [-0.15, -0.1) is 11.6 Å². The quantitative estimate of drug-likeness (QED) is 0.774. The Hall–Kier alpha value is -1.22. The van der Waals surface area contributed by atoms with Crippen LogP contribution >= 0.6 is 11.6 Å². The van der Waals surface area contributed by atoms with E-state index in [0.717, 1.165) is 29.6 Å². The minimum atomic E-state index is 0.522. The van der Waals surface area contributed by atoms with Gasteiger partial charge in [0.25, 0.3) is 0 Å². The van der Waals surface area contributed by atoms with Crippen molar-refractivity contribution in [3.05, 3.63) is 30.1 Å². The van der Waals surface area contributed by atoms with Gasteiger partial charge in [0.2, 0.25) is 0 Å². The fourth-order valence-electron chi connectivity index (χ4n) is 4.28. The van der Waals surface area contributed by atoms with Crippen molar-refractivity contribution in [2.24, 2.45) is 5.92 Å². The molecule has 0 spiro atoms. The van der Waals surface area contributed by atoms with Crippen LogP contribution in [0.5, 0.6) is 0 Å². The van der Waals surface area contributed by atoms with Gasteiger partial charge in [0, 0.05) is 18.8 Å². The second-order valence-corrected chi connectivity index (χ2v) is 6.66. The average molecular weight is 304 g/mol. The number of hydrogen-bond acceptors (Lipinski definition) is 2. The summed E-state index contributed by atoms with van der Waals surface area (Å²) in [6, 6.07) is 6.85. The third-order valence-corrected chi connectivity index (χ3v) is 5.50. The molecule has 0 amide bonds. The molecule has 3 nitrogen and oxygen atoms in total. The van der Waals surface area contributed by atoms with Gasteiger partial charge in [-0.1, -0.05) is 18.9 Å². The van der Waals surface area contributed by atoms with E-state index in [9.17, 15) is 0 Å². The summed E-state index contributed by atoms with van der Waals surface area (Å²) in [5.74, 6) is 2.52. The van der Waals surface area contributed by atoms with Gasteiger partial charge in [-0.25, -0.2) is 4.98 Å². The SMILES string of the molecule is ClCc1c(N2CCC[C@H]3CCCC[C@H]32)nc2ccccn12. The molecule has 21 heavy (non-hydrogen) atoms. The molecule has 0 N–H and O–H groups in total. The molecule has 2 aliphatic rings. The van der Waals surface area contributed by atoms with Crippen molar-refractivity contribution < 1.29 is 0 Å². The molecule has 4 rings (SSSR count). The third kappa shape index (κ3) is 2.22. The van der Waals surface area contributed by atoms with E-state index in [2.05, 4.69) is 21.6 Å². The molecule has 3 heterocycles. The van der Waals surface area contributed by atoms with Gasteiger partial charge in [0.05, 0.1) is 11.6 Å². The van der Waals surface area contributed by atoms with E-state index in [0.29, 0.717) is 11.9 Å². The minimum Gasteiger partial charge on any atom is -0.352 e. The van der Waals surface area contributed by atoms with Crippen LogP contribution in [0.15, 0.2) is 24.4 Å². The molecule has 1 aliphatic heterocycles. The lowest BCUT2D eigenvalue weighted by molar-refractivity contribution is 0.242. The number of piperidine rings is 1. The Morgan fingerprint density at radius 3 is 2.90 bits per heavy atom. The molecule has 2 atom stereocenters.